The van der Waals surface area contributed by atoms with Crippen molar-refractivity contribution in [3.63, 3.8) is 0 Å². The second-order valence-electron chi connectivity index (χ2n) is 5.02. The summed E-state index contributed by atoms with van der Waals surface area (Å²) in [7, 11) is 1.73. The van der Waals surface area contributed by atoms with Gasteiger partial charge in [-0.25, -0.2) is 0 Å². The Hall–Kier alpha value is -0.860. The highest BCUT2D eigenvalue weighted by atomic mass is 16.5. The minimum absolute atomic E-state index is 0.269. The molecule has 94 valence electrons. The van der Waals surface area contributed by atoms with Gasteiger partial charge in [-0.15, -0.1) is 0 Å². The number of hydrogen-bond donors (Lipinski definition) is 1. The third kappa shape index (κ3) is 2.88. The van der Waals surface area contributed by atoms with Gasteiger partial charge in [0.25, 0.3) is 0 Å². The van der Waals surface area contributed by atoms with Gasteiger partial charge in [0, 0.05) is 7.11 Å². The van der Waals surface area contributed by atoms with Crippen LogP contribution in [0.4, 0.5) is 0 Å². The molecule has 1 aromatic carbocycles. The Morgan fingerprint density at radius 1 is 1.24 bits per heavy atom. The molecule has 1 atom stereocenters. The monoisotopic (exact) mass is 234 g/mol. The molecule has 1 fully saturated rings. The molecule has 0 amide bonds. The number of aliphatic hydroxyl groups excluding tert-OH is 1. The van der Waals surface area contributed by atoms with E-state index in [1.165, 1.54) is 18.4 Å². The molecular weight excluding hydrogens is 212 g/mol. The third-order valence-electron chi connectivity index (χ3n) is 4.01. The van der Waals surface area contributed by atoms with Crippen LogP contribution in [0.3, 0.4) is 0 Å². The van der Waals surface area contributed by atoms with Crippen molar-refractivity contribution in [1.82, 2.24) is 0 Å². The van der Waals surface area contributed by atoms with Crippen LogP contribution in [0.15, 0.2) is 30.3 Å². The SMILES string of the molecule is COC1(C(O)CCc2ccccc2)CCCC1. The van der Waals surface area contributed by atoms with E-state index in [0.29, 0.717) is 0 Å². The standard InChI is InChI=1S/C15H22O2/c1-17-15(11-5-6-12-15)14(16)10-9-13-7-3-2-4-8-13/h2-4,7-8,14,16H,5-6,9-12H2,1H3. The highest BCUT2D eigenvalue weighted by Gasteiger charge is 2.40. The zero-order chi connectivity index (χ0) is 12.1. The van der Waals surface area contributed by atoms with Crippen LogP contribution in [-0.2, 0) is 11.2 Å². The summed E-state index contributed by atoms with van der Waals surface area (Å²) in [4.78, 5) is 0. The fraction of sp³-hybridized carbons (Fsp3) is 0.600. The molecule has 0 spiro atoms. The summed E-state index contributed by atoms with van der Waals surface area (Å²) in [6.45, 7) is 0. The molecule has 0 radical (unpaired) electrons. The lowest BCUT2D eigenvalue weighted by atomic mass is 9.90. The number of methoxy groups -OCH3 is 1. The topological polar surface area (TPSA) is 29.5 Å². The molecular formula is C15H22O2. The maximum absolute atomic E-state index is 10.3. The van der Waals surface area contributed by atoms with Crippen molar-refractivity contribution in [2.24, 2.45) is 0 Å². The maximum atomic E-state index is 10.3. The Kier molecular flexibility index (Phi) is 4.19. The molecule has 0 heterocycles. The van der Waals surface area contributed by atoms with Gasteiger partial charge in [-0.1, -0.05) is 43.2 Å². The first kappa shape index (κ1) is 12.6. The highest BCUT2D eigenvalue weighted by molar-refractivity contribution is 5.15. The van der Waals surface area contributed by atoms with Gasteiger partial charge in [-0.05, 0) is 31.2 Å². The Balaban J connectivity index is 1.90. The van der Waals surface area contributed by atoms with E-state index >= 15 is 0 Å². The Labute approximate surface area is 104 Å². The normalized spacial score (nSPS) is 20.4. The molecule has 1 aliphatic rings. The molecule has 1 unspecified atom stereocenters. The van der Waals surface area contributed by atoms with Crippen molar-refractivity contribution in [3.8, 4) is 0 Å². The van der Waals surface area contributed by atoms with E-state index in [1.54, 1.807) is 7.11 Å². The molecule has 0 saturated heterocycles. The van der Waals surface area contributed by atoms with Crippen LogP contribution in [0.1, 0.15) is 37.7 Å². The summed E-state index contributed by atoms with van der Waals surface area (Å²) >= 11 is 0. The maximum Gasteiger partial charge on any atom is 0.0936 e. The van der Waals surface area contributed by atoms with Crippen molar-refractivity contribution >= 4 is 0 Å². The molecule has 0 bridgehead atoms. The van der Waals surface area contributed by atoms with Gasteiger partial charge in [0.15, 0.2) is 0 Å². The van der Waals surface area contributed by atoms with Gasteiger partial charge in [0.05, 0.1) is 11.7 Å². The molecule has 2 heteroatoms. The molecule has 1 N–H and O–H groups in total. The van der Waals surface area contributed by atoms with Gasteiger partial charge >= 0.3 is 0 Å². The fourth-order valence-electron chi connectivity index (χ4n) is 2.86. The predicted molar refractivity (Wildman–Crippen MR) is 69.0 cm³/mol. The van der Waals surface area contributed by atoms with E-state index in [9.17, 15) is 5.11 Å². The average molecular weight is 234 g/mol. The van der Waals surface area contributed by atoms with Crippen LogP contribution in [0.2, 0.25) is 0 Å². The number of rotatable bonds is 5. The predicted octanol–water partition coefficient (Wildman–Crippen LogP) is 2.94. The molecule has 0 aliphatic heterocycles. The summed E-state index contributed by atoms with van der Waals surface area (Å²) in [5.41, 5.74) is 1.02. The largest absolute Gasteiger partial charge is 0.390 e. The van der Waals surface area contributed by atoms with Crippen LogP contribution in [0.25, 0.3) is 0 Å². The van der Waals surface area contributed by atoms with Gasteiger partial charge in [-0.2, -0.15) is 0 Å². The Morgan fingerprint density at radius 2 is 1.88 bits per heavy atom. The number of benzene rings is 1. The van der Waals surface area contributed by atoms with Gasteiger partial charge in [0.1, 0.15) is 0 Å². The van der Waals surface area contributed by atoms with E-state index in [1.807, 2.05) is 18.2 Å². The van der Waals surface area contributed by atoms with Crippen LogP contribution in [-0.4, -0.2) is 23.9 Å². The smallest absolute Gasteiger partial charge is 0.0936 e. The number of hydrogen-bond acceptors (Lipinski definition) is 2. The number of aliphatic hydroxyl groups is 1. The zero-order valence-corrected chi connectivity index (χ0v) is 10.6. The summed E-state index contributed by atoms with van der Waals surface area (Å²) in [5.74, 6) is 0. The number of aryl methyl sites for hydroxylation is 1. The first-order chi connectivity index (χ1) is 8.27. The second-order valence-corrected chi connectivity index (χ2v) is 5.02. The quantitative estimate of drug-likeness (QED) is 0.848. The lowest BCUT2D eigenvalue weighted by molar-refractivity contribution is -0.100. The van der Waals surface area contributed by atoms with Gasteiger partial charge in [-0.3, -0.25) is 0 Å². The highest BCUT2D eigenvalue weighted by Crippen LogP contribution is 2.37. The second kappa shape index (κ2) is 5.65. The van der Waals surface area contributed by atoms with Crippen LogP contribution in [0.5, 0.6) is 0 Å². The molecule has 2 rings (SSSR count). The number of ether oxygens (including phenoxy) is 1. The summed E-state index contributed by atoms with van der Waals surface area (Å²) in [5, 5.41) is 10.3. The van der Waals surface area contributed by atoms with E-state index in [2.05, 4.69) is 12.1 Å². The van der Waals surface area contributed by atoms with E-state index in [-0.39, 0.29) is 11.7 Å². The first-order valence-corrected chi connectivity index (χ1v) is 6.54. The van der Waals surface area contributed by atoms with Crippen molar-refractivity contribution in [1.29, 1.82) is 0 Å². The third-order valence-corrected chi connectivity index (χ3v) is 4.01. The average Bonchev–Trinajstić information content (AvgIpc) is 2.87. The van der Waals surface area contributed by atoms with E-state index < -0.39 is 0 Å². The first-order valence-electron chi connectivity index (χ1n) is 6.54. The fourth-order valence-corrected chi connectivity index (χ4v) is 2.86. The molecule has 17 heavy (non-hydrogen) atoms. The van der Waals surface area contributed by atoms with Crippen molar-refractivity contribution < 1.29 is 9.84 Å². The molecule has 1 aromatic rings. The lowest BCUT2D eigenvalue weighted by Crippen LogP contribution is -2.41. The Bertz CT molecular complexity index is 328. The summed E-state index contributed by atoms with van der Waals surface area (Å²) in [6.07, 6.45) is 5.73. The van der Waals surface area contributed by atoms with Gasteiger partial charge in [0.2, 0.25) is 0 Å². The lowest BCUT2D eigenvalue weighted by Gasteiger charge is -2.33. The molecule has 0 aromatic heterocycles. The summed E-state index contributed by atoms with van der Waals surface area (Å²) in [6, 6.07) is 10.3. The summed E-state index contributed by atoms with van der Waals surface area (Å²) < 4.78 is 5.60. The molecule has 1 aliphatic carbocycles. The van der Waals surface area contributed by atoms with Crippen molar-refractivity contribution in [2.45, 2.75) is 50.2 Å². The van der Waals surface area contributed by atoms with Crippen LogP contribution >= 0.6 is 0 Å². The molecule has 1 saturated carbocycles. The van der Waals surface area contributed by atoms with Crippen LogP contribution in [0, 0.1) is 0 Å². The van der Waals surface area contributed by atoms with E-state index in [0.717, 1.165) is 25.7 Å². The van der Waals surface area contributed by atoms with Crippen molar-refractivity contribution in [3.05, 3.63) is 35.9 Å². The minimum Gasteiger partial charge on any atom is -0.390 e. The zero-order valence-electron chi connectivity index (χ0n) is 10.6. The molecule has 2 nitrogen and oxygen atoms in total. The van der Waals surface area contributed by atoms with Crippen molar-refractivity contribution in [2.75, 3.05) is 7.11 Å². The minimum atomic E-state index is -0.338. The van der Waals surface area contributed by atoms with E-state index in [4.69, 9.17) is 4.74 Å². The van der Waals surface area contributed by atoms with Crippen LogP contribution < -0.4 is 0 Å². The Morgan fingerprint density at radius 3 is 2.47 bits per heavy atom. The van der Waals surface area contributed by atoms with Gasteiger partial charge < -0.3 is 9.84 Å².